The van der Waals surface area contributed by atoms with Crippen LogP contribution in [0.15, 0.2) is 0 Å². The van der Waals surface area contributed by atoms with E-state index in [0.717, 1.165) is 12.8 Å². The zero-order valence-corrected chi connectivity index (χ0v) is 15.2. The highest BCUT2D eigenvalue weighted by atomic mass is 31.2. The predicted octanol–water partition coefficient (Wildman–Crippen LogP) is 4.81. The Bertz CT molecular complexity index is 280. The number of phosphoric ester groups is 1. The molecule has 6 heteroatoms. The number of hydrogen-bond acceptors (Lipinski definition) is 3. The fourth-order valence-corrected chi connectivity index (χ4v) is 3.02. The van der Waals surface area contributed by atoms with Crippen molar-refractivity contribution in [3.63, 3.8) is 0 Å². The average molecular weight is 338 g/mol. The summed E-state index contributed by atoms with van der Waals surface area (Å²) in [6.07, 6.45) is 12.6. The zero-order chi connectivity index (χ0) is 16.7. The zero-order valence-electron chi connectivity index (χ0n) is 14.3. The van der Waals surface area contributed by atoms with Gasteiger partial charge in [0.15, 0.2) is 0 Å². The Labute approximate surface area is 136 Å². The van der Waals surface area contributed by atoms with Crippen molar-refractivity contribution in [2.45, 2.75) is 90.6 Å². The third-order valence-electron chi connectivity index (χ3n) is 3.67. The number of rotatable bonds is 16. The van der Waals surface area contributed by atoms with Gasteiger partial charge in [0.25, 0.3) is 0 Å². The molecule has 0 heterocycles. The highest BCUT2D eigenvalue weighted by molar-refractivity contribution is 7.46. The summed E-state index contributed by atoms with van der Waals surface area (Å²) in [5.41, 5.74) is 0. The lowest BCUT2D eigenvalue weighted by Crippen LogP contribution is -2.18. The van der Waals surface area contributed by atoms with Crippen LogP contribution >= 0.6 is 7.82 Å². The molecule has 0 radical (unpaired) electrons. The first-order valence-corrected chi connectivity index (χ1v) is 10.3. The summed E-state index contributed by atoms with van der Waals surface area (Å²) in [5, 5.41) is 0. The van der Waals surface area contributed by atoms with Gasteiger partial charge in [-0.3, -0.25) is 4.52 Å². The molecule has 1 unspecified atom stereocenters. The Hall–Kier alpha value is 0.0700. The van der Waals surface area contributed by atoms with E-state index in [2.05, 4.69) is 6.92 Å². The third kappa shape index (κ3) is 16.4. The molecule has 0 saturated carbocycles. The van der Waals surface area contributed by atoms with Crippen LogP contribution in [0.3, 0.4) is 0 Å². The van der Waals surface area contributed by atoms with Gasteiger partial charge in [-0.15, -0.1) is 0 Å². The molecule has 0 spiro atoms. The normalized spacial score (nSPS) is 13.5. The Morgan fingerprint density at radius 3 is 1.82 bits per heavy atom. The van der Waals surface area contributed by atoms with Gasteiger partial charge in [-0.1, -0.05) is 71.1 Å². The molecule has 0 amide bonds. The second-order valence-corrected chi connectivity index (χ2v) is 7.04. The minimum atomic E-state index is -4.42. The van der Waals surface area contributed by atoms with Crippen LogP contribution in [0.5, 0.6) is 0 Å². The van der Waals surface area contributed by atoms with Crippen molar-refractivity contribution in [1.29, 1.82) is 0 Å². The van der Waals surface area contributed by atoms with Gasteiger partial charge in [-0.05, 0) is 13.3 Å². The molecule has 2 N–H and O–H groups in total. The van der Waals surface area contributed by atoms with E-state index in [1.807, 2.05) is 6.92 Å². The monoisotopic (exact) mass is 338 g/mol. The molecule has 0 aliphatic heterocycles. The summed E-state index contributed by atoms with van der Waals surface area (Å²) in [6.45, 7) is 4.86. The van der Waals surface area contributed by atoms with Gasteiger partial charge >= 0.3 is 7.82 Å². The van der Waals surface area contributed by atoms with E-state index in [9.17, 15) is 4.57 Å². The average Bonchev–Trinajstić information content (AvgIpc) is 2.45. The topological polar surface area (TPSA) is 76.0 Å². The maximum absolute atomic E-state index is 10.9. The number of hydrogen-bond donors (Lipinski definition) is 2. The first kappa shape index (κ1) is 22.1. The van der Waals surface area contributed by atoms with Crippen LogP contribution in [-0.2, 0) is 13.8 Å². The summed E-state index contributed by atoms with van der Waals surface area (Å²) < 4.78 is 20.9. The smallest absolute Gasteiger partial charge is 0.379 e. The van der Waals surface area contributed by atoms with E-state index in [1.54, 1.807) is 0 Å². The molecule has 0 bridgehead atoms. The van der Waals surface area contributed by atoms with E-state index >= 15 is 0 Å². The Balaban J connectivity index is 3.56. The van der Waals surface area contributed by atoms with Gasteiger partial charge in [0.2, 0.25) is 0 Å². The van der Waals surface area contributed by atoms with Gasteiger partial charge in [0, 0.05) is 6.61 Å². The molecule has 0 aliphatic carbocycles. The van der Waals surface area contributed by atoms with Crippen LogP contribution < -0.4 is 0 Å². The Kier molecular flexibility index (Phi) is 14.7. The molecule has 0 rings (SSSR count). The lowest BCUT2D eigenvalue weighted by molar-refractivity contribution is 0.0329. The van der Waals surface area contributed by atoms with E-state index in [1.165, 1.54) is 51.4 Å². The standard InChI is InChI=1S/C16H35O5P/c1-3-5-6-7-8-9-10-11-12-13-14-16(15-20-4-2)21-22(17,18)19/h16H,3-15H2,1-2H3,(H2,17,18,19). The molecule has 0 aromatic carbocycles. The molecular weight excluding hydrogens is 303 g/mol. The summed E-state index contributed by atoms with van der Waals surface area (Å²) in [5.74, 6) is 0. The third-order valence-corrected chi connectivity index (χ3v) is 4.25. The SMILES string of the molecule is CCCCCCCCCCCCC(COCC)OP(=O)(O)O. The fraction of sp³-hybridized carbons (Fsp3) is 1.00. The number of phosphoric acid groups is 1. The first-order valence-electron chi connectivity index (χ1n) is 8.81. The van der Waals surface area contributed by atoms with Crippen molar-refractivity contribution in [3.8, 4) is 0 Å². The van der Waals surface area contributed by atoms with Gasteiger partial charge in [-0.25, -0.2) is 4.57 Å². The first-order chi connectivity index (χ1) is 10.5. The second-order valence-electron chi connectivity index (χ2n) is 5.85. The second kappa shape index (κ2) is 14.6. The summed E-state index contributed by atoms with van der Waals surface area (Å²) >= 11 is 0. The predicted molar refractivity (Wildman–Crippen MR) is 89.9 cm³/mol. The van der Waals surface area contributed by atoms with Crippen LogP contribution in [0.2, 0.25) is 0 Å². The van der Waals surface area contributed by atoms with Crippen LogP contribution in [-0.4, -0.2) is 29.1 Å². The van der Waals surface area contributed by atoms with Crippen molar-refractivity contribution in [2.24, 2.45) is 0 Å². The maximum Gasteiger partial charge on any atom is 0.469 e. The lowest BCUT2D eigenvalue weighted by atomic mass is 10.0. The van der Waals surface area contributed by atoms with Crippen molar-refractivity contribution < 1.29 is 23.6 Å². The molecule has 0 fully saturated rings. The minimum absolute atomic E-state index is 0.249. The van der Waals surface area contributed by atoms with Crippen molar-refractivity contribution in [3.05, 3.63) is 0 Å². The van der Waals surface area contributed by atoms with Crippen LogP contribution in [0.25, 0.3) is 0 Å². The Morgan fingerprint density at radius 1 is 0.864 bits per heavy atom. The van der Waals surface area contributed by atoms with Crippen molar-refractivity contribution in [1.82, 2.24) is 0 Å². The van der Waals surface area contributed by atoms with Gasteiger partial charge < -0.3 is 14.5 Å². The van der Waals surface area contributed by atoms with Gasteiger partial charge in [0.05, 0.1) is 12.7 Å². The van der Waals surface area contributed by atoms with Crippen molar-refractivity contribution >= 4 is 7.82 Å². The largest absolute Gasteiger partial charge is 0.469 e. The van der Waals surface area contributed by atoms with Crippen LogP contribution in [0.1, 0.15) is 84.5 Å². The lowest BCUT2D eigenvalue weighted by Gasteiger charge is -2.17. The molecule has 0 saturated heterocycles. The molecular formula is C16H35O5P. The molecule has 0 aromatic rings. The molecule has 0 aliphatic rings. The number of ether oxygens (including phenoxy) is 1. The molecule has 22 heavy (non-hydrogen) atoms. The quantitative estimate of drug-likeness (QED) is 0.312. The maximum atomic E-state index is 10.9. The fourth-order valence-electron chi connectivity index (χ4n) is 2.47. The van der Waals surface area contributed by atoms with E-state index < -0.39 is 13.9 Å². The summed E-state index contributed by atoms with van der Waals surface area (Å²) in [6, 6.07) is 0. The van der Waals surface area contributed by atoms with E-state index in [-0.39, 0.29) is 6.61 Å². The molecule has 0 aromatic heterocycles. The Morgan fingerprint density at radius 2 is 1.36 bits per heavy atom. The highest BCUT2D eigenvalue weighted by Crippen LogP contribution is 2.38. The molecule has 5 nitrogen and oxygen atoms in total. The van der Waals surface area contributed by atoms with Gasteiger partial charge in [0.1, 0.15) is 0 Å². The molecule has 134 valence electrons. The van der Waals surface area contributed by atoms with Crippen LogP contribution in [0, 0.1) is 0 Å². The minimum Gasteiger partial charge on any atom is -0.379 e. The van der Waals surface area contributed by atoms with Gasteiger partial charge in [-0.2, -0.15) is 0 Å². The summed E-state index contributed by atoms with van der Waals surface area (Å²) in [7, 11) is -4.42. The highest BCUT2D eigenvalue weighted by Gasteiger charge is 2.21. The summed E-state index contributed by atoms with van der Waals surface area (Å²) in [4.78, 5) is 17.8. The van der Waals surface area contributed by atoms with Crippen molar-refractivity contribution in [2.75, 3.05) is 13.2 Å². The number of unbranched alkanes of at least 4 members (excludes halogenated alkanes) is 9. The van der Waals surface area contributed by atoms with E-state index in [0.29, 0.717) is 13.0 Å². The van der Waals surface area contributed by atoms with Crippen LogP contribution in [0.4, 0.5) is 0 Å². The molecule has 1 atom stereocenters. The van der Waals surface area contributed by atoms with E-state index in [4.69, 9.17) is 19.0 Å².